The topological polar surface area (TPSA) is 81.3 Å². The van der Waals surface area contributed by atoms with Crippen molar-refractivity contribution in [1.82, 2.24) is 15.0 Å². The summed E-state index contributed by atoms with van der Waals surface area (Å²) in [6.45, 7) is 2.28. The molecule has 6 rings (SSSR count). The van der Waals surface area contributed by atoms with Gasteiger partial charge in [-0.15, -0.1) is 0 Å². The van der Waals surface area contributed by atoms with E-state index in [4.69, 9.17) is 14.1 Å². The molecule has 2 aromatic heterocycles. The monoisotopic (exact) mass is 433 g/mol. The fraction of sp³-hybridized carbons (Fsp3) is 0.0741. The number of aromatic hydroxyl groups is 1. The van der Waals surface area contributed by atoms with Crippen LogP contribution in [-0.4, -0.2) is 26.7 Å². The maximum Gasteiger partial charge on any atom is 0.320 e. The molecule has 6 heteroatoms. The number of fused-ring (bicyclic) bond motifs is 5. The zero-order valence-electron chi connectivity index (χ0n) is 17.8. The first-order valence-electron chi connectivity index (χ1n) is 10.7. The molecule has 0 amide bonds. The molecule has 0 aliphatic heterocycles. The van der Waals surface area contributed by atoms with E-state index in [0.717, 1.165) is 38.3 Å². The van der Waals surface area contributed by atoms with Crippen LogP contribution in [0.25, 0.3) is 55.5 Å². The molecular formula is C27H19N3O3. The predicted molar refractivity (Wildman–Crippen MR) is 128 cm³/mol. The second kappa shape index (κ2) is 7.60. The summed E-state index contributed by atoms with van der Waals surface area (Å²) in [5, 5.41) is 14.6. The number of hydrogen-bond acceptors (Lipinski definition) is 6. The molecule has 0 atom stereocenters. The lowest BCUT2D eigenvalue weighted by Gasteiger charge is -2.11. The van der Waals surface area contributed by atoms with Crippen molar-refractivity contribution < 1.29 is 14.3 Å². The molecule has 1 N–H and O–H groups in total. The van der Waals surface area contributed by atoms with Gasteiger partial charge in [-0.25, -0.2) is 4.98 Å². The quantitative estimate of drug-likeness (QED) is 0.348. The van der Waals surface area contributed by atoms with Crippen molar-refractivity contribution >= 4 is 32.7 Å². The van der Waals surface area contributed by atoms with E-state index in [0.29, 0.717) is 23.8 Å². The molecule has 0 bridgehead atoms. The first kappa shape index (κ1) is 19.3. The van der Waals surface area contributed by atoms with Gasteiger partial charge in [0, 0.05) is 16.3 Å². The number of ether oxygens (including phenoxy) is 1. The van der Waals surface area contributed by atoms with Crippen molar-refractivity contribution in [2.24, 2.45) is 0 Å². The minimum atomic E-state index is 0.0923. The highest BCUT2D eigenvalue weighted by Crippen LogP contribution is 2.39. The van der Waals surface area contributed by atoms with E-state index < -0.39 is 0 Å². The van der Waals surface area contributed by atoms with Crippen LogP contribution in [0.2, 0.25) is 0 Å². The third kappa shape index (κ3) is 3.15. The highest BCUT2D eigenvalue weighted by atomic mass is 16.5. The highest BCUT2D eigenvalue weighted by molar-refractivity contribution is 6.21. The maximum atomic E-state index is 10.4. The summed E-state index contributed by atoms with van der Waals surface area (Å²) in [5.41, 5.74) is 2.90. The highest BCUT2D eigenvalue weighted by Gasteiger charge is 2.19. The van der Waals surface area contributed by atoms with Gasteiger partial charge < -0.3 is 14.3 Å². The van der Waals surface area contributed by atoms with Crippen LogP contribution in [0.1, 0.15) is 6.92 Å². The maximum absolute atomic E-state index is 10.4. The molecule has 0 spiro atoms. The van der Waals surface area contributed by atoms with Gasteiger partial charge in [0.1, 0.15) is 16.9 Å². The van der Waals surface area contributed by atoms with Crippen LogP contribution < -0.4 is 4.74 Å². The number of nitrogens with zero attached hydrogens (tertiary/aromatic N) is 3. The zero-order chi connectivity index (χ0) is 22.4. The fourth-order valence-corrected chi connectivity index (χ4v) is 4.23. The smallest absolute Gasteiger partial charge is 0.320 e. The number of para-hydroxylation sites is 2. The van der Waals surface area contributed by atoms with Crippen LogP contribution in [0.4, 0.5) is 0 Å². The van der Waals surface area contributed by atoms with Crippen LogP contribution in [-0.2, 0) is 0 Å². The Morgan fingerprint density at radius 3 is 2.18 bits per heavy atom. The van der Waals surface area contributed by atoms with E-state index >= 15 is 0 Å². The molecule has 0 aliphatic carbocycles. The van der Waals surface area contributed by atoms with Gasteiger partial charge >= 0.3 is 6.01 Å². The number of rotatable bonds is 4. The molecule has 0 aliphatic rings. The normalized spacial score (nSPS) is 11.4. The largest absolute Gasteiger partial charge is 0.507 e. The second-order valence-corrected chi connectivity index (χ2v) is 7.66. The Balaban J connectivity index is 1.67. The molecule has 6 nitrogen and oxygen atoms in total. The molecule has 4 aromatic carbocycles. The summed E-state index contributed by atoms with van der Waals surface area (Å²) in [4.78, 5) is 13.7. The molecule has 160 valence electrons. The number of hydrogen-bond donors (Lipinski definition) is 1. The Morgan fingerprint density at radius 1 is 0.727 bits per heavy atom. The summed E-state index contributed by atoms with van der Waals surface area (Å²) < 4.78 is 11.8. The molecule has 33 heavy (non-hydrogen) atoms. The van der Waals surface area contributed by atoms with Crippen molar-refractivity contribution in [1.29, 1.82) is 0 Å². The van der Waals surface area contributed by atoms with Crippen LogP contribution in [0.3, 0.4) is 0 Å². The SMILES string of the molecule is CCOc1nc(-c2ccccc2O)nc(-c2cc3oc4ccccc4c3c3ccccc23)n1. The summed E-state index contributed by atoms with van der Waals surface area (Å²) >= 11 is 0. The molecule has 0 unspecified atom stereocenters. The predicted octanol–water partition coefficient (Wildman–Crippen LogP) is 6.36. The lowest BCUT2D eigenvalue weighted by atomic mass is 9.99. The van der Waals surface area contributed by atoms with E-state index in [1.54, 1.807) is 18.2 Å². The van der Waals surface area contributed by atoms with Gasteiger partial charge in [-0.05, 0) is 42.0 Å². The Kier molecular flexibility index (Phi) is 4.43. The van der Waals surface area contributed by atoms with Crippen LogP contribution in [0.5, 0.6) is 11.8 Å². The first-order valence-corrected chi connectivity index (χ1v) is 10.7. The van der Waals surface area contributed by atoms with Gasteiger partial charge in [0.2, 0.25) is 0 Å². The summed E-state index contributed by atoms with van der Waals surface area (Å²) in [6.07, 6.45) is 0. The van der Waals surface area contributed by atoms with Gasteiger partial charge in [-0.1, -0.05) is 54.6 Å². The van der Waals surface area contributed by atoms with E-state index in [9.17, 15) is 5.11 Å². The second-order valence-electron chi connectivity index (χ2n) is 7.66. The summed E-state index contributed by atoms with van der Waals surface area (Å²) in [6, 6.07) is 25.3. The third-order valence-corrected chi connectivity index (χ3v) is 5.66. The first-order chi connectivity index (χ1) is 16.2. The third-order valence-electron chi connectivity index (χ3n) is 5.66. The van der Waals surface area contributed by atoms with Crippen molar-refractivity contribution in [2.75, 3.05) is 6.61 Å². The Morgan fingerprint density at radius 2 is 1.39 bits per heavy atom. The minimum absolute atomic E-state index is 0.0923. The molecule has 6 aromatic rings. The Labute approximate surface area is 189 Å². The number of aromatic nitrogens is 3. The summed E-state index contributed by atoms with van der Waals surface area (Å²) in [7, 11) is 0. The lowest BCUT2D eigenvalue weighted by Crippen LogP contribution is -2.03. The standard InChI is InChI=1S/C27H19N3O3/c1-2-32-27-29-25(18-11-5-7-13-21(18)31)28-26(30-27)20-15-23-24(17-10-4-3-9-16(17)20)19-12-6-8-14-22(19)33-23/h3-15,31H,2H2,1H3. The van der Waals surface area contributed by atoms with Crippen molar-refractivity contribution in [3.63, 3.8) is 0 Å². The minimum Gasteiger partial charge on any atom is -0.507 e. The van der Waals surface area contributed by atoms with Crippen molar-refractivity contribution in [3.8, 4) is 34.5 Å². The van der Waals surface area contributed by atoms with Gasteiger partial charge in [0.05, 0.1) is 12.2 Å². The average molecular weight is 433 g/mol. The summed E-state index contributed by atoms with van der Waals surface area (Å²) in [5.74, 6) is 0.885. The van der Waals surface area contributed by atoms with Gasteiger partial charge in [-0.2, -0.15) is 9.97 Å². The van der Waals surface area contributed by atoms with Crippen LogP contribution >= 0.6 is 0 Å². The zero-order valence-corrected chi connectivity index (χ0v) is 17.8. The Bertz CT molecular complexity index is 1660. The average Bonchev–Trinajstić information content (AvgIpc) is 3.22. The molecular weight excluding hydrogens is 414 g/mol. The number of furan rings is 1. The lowest BCUT2D eigenvalue weighted by molar-refractivity contribution is 0.312. The number of phenolic OH excluding ortho intramolecular Hbond substituents is 1. The molecule has 0 radical (unpaired) electrons. The molecule has 0 saturated carbocycles. The Hall–Kier alpha value is -4.45. The molecule has 2 heterocycles. The fourth-order valence-electron chi connectivity index (χ4n) is 4.23. The van der Waals surface area contributed by atoms with Crippen molar-refractivity contribution in [2.45, 2.75) is 6.92 Å². The van der Waals surface area contributed by atoms with E-state index in [-0.39, 0.29) is 11.8 Å². The van der Waals surface area contributed by atoms with Gasteiger partial charge in [0.15, 0.2) is 11.6 Å². The van der Waals surface area contributed by atoms with E-state index in [1.165, 1.54) is 0 Å². The molecule has 0 saturated heterocycles. The number of benzene rings is 4. The van der Waals surface area contributed by atoms with Gasteiger partial charge in [0.25, 0.3) is 0 Å². The van der Waals surface area contributed by atoms with E-state index in [1.807, 2.05) is 49.4 Å². The van der Waals surface area contributed by atoms with E-state index in [2.05, 4.69) is 28.2 Å². The van der Waals surface area contributed by atoms with Crippen molar-refractivity contribution in [3.05, 3.63) is 78.9 Å². The van der Waals surface area contributed by atoms with Gasteiger partial charge in [-0.3, -0.25) is 0 Å². The number of phenols is 1. The molecule has 0 fully saturated rings. The van der Waals surface area contributed by atoms with Crippen LogP contribution in [0, 0.1) is 0 Å². The van der Waals surface area contributed by atoms with Crippen LogP contribution in [0.15, 0.2) is 83.3 Å².